The van der Waals surface area contributed by atoms with Crippen LogP contribution in [0.5, 0.6) is 0 Å². The van der Waals surface area contributed by atoms with Crippen LogP contribution in [-0.2, 0) is 11.3 Å². The lowest BCUT2D eigenvalue weighted by atomic mass is 10.0. The van der Waals surface area contributed by atoms with Crippen molar-refractivity contribution in [2.24, 2.45) is 0 Å². The van der Waals surface area contributed by atoms with Gasteiger partial charge in [-0.2, -0.15) is 22.0 Å². The first-order valence-corrected chi connectivity index (χ1v) is 5.93. The maximum atomic E-state index is 12.8. The van der Waals surface area contributed by atoms with Gasteiger partial charge >= 0.3 is 18.0 Å². The Kier molecular flexibility index (Phi) is 3.85. The molecule has 112 valence electrons. The highest BCUT2D eigenvalue weighted by atomic mass is 19.4. The summed E-state index contributed by atoms with van der Waals surface area (Å²) in [6.07, 6.45) is -5.91. The smallest absolute Gasteiger partial charge is 0.346 e. The van der Waals surface area contributed by atoms with Gasteiger partial charge in [0, 0.05) is 6.54 Å². The van der Waals surface area contributed by atoms with Crippen LogP contribution in [0.25, 0.3) is 10.8 Å². The van der Waals surface area contributed by atoms with Gasteiger partial charge in [0.15, 0.2) is 0 Å². The summed E-state index contributed by atoms with van der Waals surface area (Å²) in [6.45, 7) is -0.411. The molecule has 0 aliphatic rings. The maximum Gasteiger partial charge on any atom is 0.463 e. The van der Waals surface area contributed by atoms with E-state index in [4.69, 9.17) is 0 Å². The fraction of sp³-hybridized carbons (Fsp3) is 0.214. The molecule has 2 aromatic carbocycles. The highest BCUT2D eigenvalue weighted by Gasteiger charge is 2.63. The van der Waals surface area contributed by atoms with Gasteiger partial charge in [0.05, 0.1) is 0 Å². The molecule has 1 amide bonds. The van der Waals surface area contributed by atoms with Crippen molar-refractivity contribution in [1.29, 1.82) is 0 Å². The van der Waals surface area contributed by atoms with E-state index in [0.717, 1.165) is 5.39 Å². The molecular weight excluding hydrogens is 293 g/mol. The third-order valence-corrected chi connectivity index (χ3v) is 2.96. The molecule has 21 heavy (non-hydrogen) atoms. The summed E-state index contributed by atoms with van der Waals surface area (Å²) in [5, 5.41) is 3.10. The van der Waals surface area contributed by atoms with Crippen LogP contribution >= 0.6 is 0 Å². The highest BCUT2D eigenvalue weighted by Crippen LogP contribution is 2.35. The van der Waals surface area contributed by atoms with E-state index in [2.05, 4.69) is 0 Å². The van der Waals surface area contributed by atoms with E-state index in [1.165, 1.54) is 0 Å². The highest BCUT2D eigenvalue weighted by molar-refractivity contribution is 5.87. The molecule has 0 spiro atoms. The fourth-order valence-electron chi connectivity index (χ4n) is 1.86. The minimum atomic E-state index is -5.91. The summed E-state index contributed by atoms with van der Waals surface area (Å²) in [4.78, 5) is 11.0. The Labute approximate surface area is 116 Å². The van der Waals surface area contributed by atoms with Gasteiger partial charge in [0.25, 0.3) is 0 Å². The molecule has 0 atom stereocenters. The number of nitrogens with one attached hydrogen (secondary N) is 1. The first-order chi connectivity index (χ1) is 9.73. The largest absolute Gasteiger partial charge is 0.463 e. The quantitative estimate of drug-likeness (QED) is 0.862. The number of rotatable bonds is 3. The van der Waals surface area contributed by atoms with Crippen molar-refractivity contribution in [3.8, 4) is 0 Å². The topological polar surface area (TPSA) is 29.1 Å². The van der Waals surface area contributed by atoms with Gasteiger partial charge < -0.3 is 5.32 Å². The average Bonchev–Trinajstić information content (AvgIpc) is 2.43. The number of halogens is 5. The number of fused-ring (bicyclic) bond motifs is 1. The SMILES string of the molecule is O=C(NCc1cccc2ccccc12)C(F)(F)C(F)(F)F. The van der Waals surface area contributed by atoms with Gasteiger partial charge in [-0.25, -0.2) is 0 Å². The molecule has 7 heteroatoms. The van der Waals surface area contributed by atoms with Crippen molar-refractivity contribution in [2.45, 2.75) is 18.6 Å². The molecule has 0 saturated heterocycles. The number of amides is 1. The Bertz CT molecular complexity index is 660. The molecule has 0 heterocycles. The van der Waals surface area contributed by atoms with Crippen molar-refractivity contribution < 1.29 is 26.7 Å². The molecule has 0 fully saturated rings. The van der Waals surface area contributed by atoms with Gasteiger partial charge in [-0.15, -0.1) is 0 Å². The third kappa shape index (κ3) is 2.96. The van der Waals surface area contributed by atoms with Crippen molar-refractivity contribution in [3.63, 3.8) is 0 Å². The van der Waals surface area contributed by atoms with Gasteiger partial charge in [0.2, 0.25) is 0 Å². The zero-order chi connectivity index (χ0) is 15.7. The number of benzene rings is 2. The summed E-state index contributed by atoms with van der Waals surface area (Å²) < 4.78 is 61.8. The molecule has 0 radical (unpaired) electrons. The molecule has 0 bridgehead atoms. The van der Waals surface area contributed by atoms with Crippen LogP contribution in [0.3, 0.4) is 0 Å². The second-order valence-electron chi connectivity index (χ2n) is 4.39. The van der Waals surface area contributed by atoms with Crippen molar-refractivity contribution in [1.82, 2.24) is 5.32 Å². The Morgan fingerprint density at radius 3 is 2.24 bits per heavy atom. The lowest BCUT2D eigenvalue weighted by Crippen LogP contribution is -2.50. The lowest BCUT2D eigenvalue weighted by molar-refractivity contribution is -0.269. The normalized spacial score (nSPS) is 12.4. The Morgan fingerprint density at radius 2 is 1.57 bits per heavy atom. The third-order valence-electron chi connectivity index (χ3n) is 2.96. The number of alkyl halides is 5. The molecule has 0 unspecified atom stereocenters. The van der Waals surface area contributed by atoms with E-state index >= 15 is 0 Å². The first kappa shape index (κ1) is 15.2. The van der Waals surface area contributed by atoms with Crippen LogP contribution in [-0.4, -0.2) is 18.0 Å². The number of hydrogen-bond acceptors (Lipinski definition) is 1. The molecule has 2 aromatic rings. The molecule has 0 aliphatic carbocycles. The molecule has 1 N–H and O–H groups in total. The minimum Gasteiger partial charge on any atom is -0.346 e. The zero-order valence-electron chi connectivity index (χ0n) is 10.5. The van der Waals surface area contributed by atoms with E-state index in [-0.39, 0.29) is 0 Å². The standard InChI is InChI=1S/C14H10F5NO/c15-13(16,14(17,18)19)12(21)20-8-10-6-3-5-9-4-1-2-7-11(9)10/h1-7H,8H2,(H,20,21). The van der Waals surface area contributed by atoms with E-state index in [1.54, 1.807) is 47.8 Å². The second-order valence-corrected chi connectivity index (χ2v) is 4.39. The summed E-state index contributed by atoms with van der Waals surface area (Å²) in [5.74, 6) is -7.76. The van der Waals surface area contributed by atoms with Crippen LogP contribution in [0.15, 0.2) is 42.5 Å². The van der Waals surface area contributed by atoms with Crippen LogP contribution in [0.1, 0.15) is 5.56 Å². The summed E-state index contributed by atoms with van der Waals surface area (Å²) in [6, 6.07) is 11.9. The first-order valence-electron chi connectivity index (χ1n) is 5.93. The molecule has 2 nitrogen and oxygen atoms in total. The molecular formula is C14H10F5NO. The van der Waals surface area contributed by atoms with E-state index in [1.807, 2.05) is 0 Å². The number of carbonyl (C=O) groups is 1. The average molecular weight is 303 g/mol. The van der Waals surface area contributed by atoms with Gasteiger partial charge in [-0.05, 0) is 16.3 Å². The predicted octanol–water partition coefficient (Wildman–Crippen LogP) is 3.65. The fourth-order valence-corrected chi connectivity index (χ4v) is 1.86. The maximum absolute atomic E-state index is 12.8. The Balaban J connectivity index is 2.18. The Hall–Kier alpha value is -2.18. The predicted molar refractivity (Wildman–Crippen MR) is 66.8 cm³/mol. The molecule has 0 aromatic heterocycles. The van der Waals surface area contributed by atoms with Crippen molar-refractivity contribution in [3.05, 3.63) is 48.0 Å². The summed E-state index contributed by atoms with van der Waals surface area (Å²) in [7, 11) is 0. The van der Waals surface area contributed by atoms with Gasteiger partial charge in [-0.3, -0.25) is 4.79 Å². The van der Waals surface area contributed by atoms with E-state index < -0.39 is 24.6 Å². The zero-order valence-corrected chi connectivity index (χ0v) is 10.5. The lowest BCUT2D eigenvalue weighted by Gasteiger charge is -2.19. The molecule has 2 rings (SSSR count). The Morgan fingerprint density at radius 1 is 0.952 bits per heavy atom. The van der Waals surface area contributed by atoms with Crippen LogP contribution in [0.2, 0.25) is 0 Å². The van der Waals surface area contributed by atoms with E-state index in [9.17, 15) is 26.7 Å². The summed E-state index contributed by atoms with van der Waals surface area (Å²) in [5.41, 5.74) is 0.458. The van der Waals surface area contributed by atoms with Crippen LogP contribution in [0.4, 0.5) is 22.0 Å². The monoisotopic (exact) mass is 303 g/mol. The second kappa shape index (κ2) is 5.31. The van der Waals surface area contributed by atoms with Gasteiger partial charge in [0.1, 0.15) is 0 Å². The van der Waals surface area contributed by atoms with Crippen molar-refractivity contribution >= 4 is 16.7 Å². The van der Waals surface area contributed by atoms with Crippen LogP contribution in [0, 0.1) is 0 Å². The minimum absolute atomic E-state index is 0.411. The van der Waals surface area contributed by atoms with Gasteiger partial charge in [-0.1, -0.05) is 42.5 Å². The van der Waals surface area contributed by atoms with Crippen molar-refractivity contribution in [2.75, 3.05) is 0 Å². The molecule has 0 aliphatic heterocycles. The number of hydrogen-bond donors (Lipinski definition) is 1. The number of carbonyl (C=O) groups excluding carboxylic acids is 1. The summed E-state index contributed by atoms with van der Waals surface area (Å²) >= 11 is 0. The molecule has 0 saturated carbocycles. The van der Waals surface area contributed by atoms with E-state index in [0.29, 0.717) is 10.9 Å². The van der Waals surface area contributed by atoms with Crippen LogP contribution < -0.4 is 5.32 Å².